The number of nitrogens with zero attached hydrogens (tertiary/aromatic N) is 5. The van der Waals surface area contributed by atoms with E-state index in [2.05, 4.69) is 319 Å². The highest BCUT2D eigenvalue weighted by molar-refractivity contribution is 7.20. The van der Waals surface area contributed by atoms with E-state index < -0.39 is 13.5 Å². The lowest BCUT2D eigenvalue weighted by Crippen LogP contribution is -2.74. The summed E-state index contributed by atoms with van der Waals surface area (Å²) < 4.78 is 11.6. The molecule has 406 valence electrons. The van der Waals surface area contributed by atoms with Crippen LogP contribution in [0.1, 0.15) is 22.3 Å². The third kappa shape index (κ3) is 7.00. The summed E-state index contributed by atoms with van der Waals surface area (Å²) in [5.74, 6) is 3.43. The molecular weight excluding hydrogens is 1070 g/mol. The van der Waals surface area contributed by atoms with E-state index in [-0.39, 0.29) is 0 Å². The third-order valence-corrected chi connectivity index (χ3v) is 23.5. The fourth-order valence-corrected chi connectivity index (χ4v) is 20.1. The number of aromatic nitrogens is 5. The molecule has 87 heavy (non-hydrogen) atoms. The van der Waals surface area contributed by atoms with Crippen molar-refractivity contribution in [1.82, 2.24) is 24.1 Å². The maximum absolute atomic E-state index is 7.21. The summed E-state index contributed by atoms with van der Waals surface area (Å²) >= 11 is 0. The summed E-state index contributed by atoms with van der Waals surface area (Å²) in [5.41, 5.74) is 14.0. The second kappa shape index (κ2) is 19.1. The predicted octanol–water partition coefficient (Wildman–Crippen LogP) is 16.4. The SMILES string of the molecule is c1ccc([Si](c2ccccc2)(c2ccc(-c3cccc4c3Oc3ccccc3C43c4ccccc4-c4ccccc43)cc2)c2ccc(-c3nc(-n4c5ccccc5c5ccccc54)nc(-n4c5ccccc5c5ccccc54)n3)c3ccccc23)cc1. The Bertz CT molecular complexity index is 5130. The Labute approximate surface area is 503 Å². The summed E-state index contributed by atoms with van der Waals surface area (Å²) in [6.45, 7) is 0. The molecule has 0 N–H and O–H groups in total. The van der Waals surface area contributed by atoms with Gasteiger partial charge in [0.1, 0.15) is 11.5 Å². The van der Waals surface area contributed by atoms with Crippen LogP contribution in [0.15, 0.2) is 309 Å². The van der Waals surface area contributed by atoms with Crippen LogP contribution >= 0.6 is 0 Å². The Morgan fingerprint density at radius 2 is 0.701 bits per heavy atom. The van der Waals surface area contributed by atoms with Crippen LogP contribution in [-0.4, -0.2) is 32.2 Å². The zero-order valence-electron chi connectivity index (χ0n) is 47.1. The first kappa shape index (κ1) is 49.2. The quantitative estimate of drug-likeness (QED) is 0.112. The van der Waals surface area contributed by atoms with Crippen LogP contribution in [0.2, 0.25) is 0 Å². The molecule has 6 nitrogen and oxygen atoms in total. The van der Waals surface area contributed by atoms with Gasteiger partial charge in [0.05, 0.1) is 27.5 Å². The lowest BCUT2D eigenvalue weighted by atomic mass is 9.65. The van der Waals surface area contributed by atoms with Gasteiger partial charge in [-0.05, 0) is 89.7 Å². The van der Waals surface area contributed by atoms with Gasteiger partial charge in [-0.25, -0.2) is 0 Å². The molecule has 7 heteroatoms. The van der Waals surface area contributed by atoms with Crippen molar-refractivity contribution >= 4 is 83.2 Å². The van der Waals surface area contributed by atoms with Gasteiger partial charge in [0.15, 0.2) is 13.9 Å². The smallest absolute Gasteiger partial charge is 0.240 e. The first-order valence-electron chi connectivity index (χ1n) is 29.8. The predicted molar refractivity (Wildman–Crippen MR) is 358 cm³/mol. The van der Waals surface area contributed by atoms with Crippen LogP contribution in [0.5, 0.6) is 11.5 Å². The van der Waals surface area contributed by atoms with Gasteiger partial charge in [-0.1, -0.05) is 279 Å². The van der Waals surface area contributed by atoms with E-state index >= 15 is 0 Å². The number of para-hydroxylation sites is 6. The van der Waals surface area contributed by atoms with Crippen molar-refractivity contribution in [1.29, 1.82) is 0 Å². The van der Waals surface area contributed by atoms with Crippen molar-refractivity contribution < 1.29 is 4.74 Å². The molecule has 16 aromatic rings. The molecule has 4 heterocycles. The molecule has 0 saturated heterocycles. The van der Waals surface area contributed by atoms with E-state index in [1.54, 1.807) is 0 Å². The van der Waals surface area contributed by atoms with E-state index in [4.69, 9.17) is 19.7 Å². The first-order valence-corrected chi connectivity index (χ1v) is 31.8. The Balaban J connectivity index is 0.854. The highest BCUT2D eigenvalue weighted by Gasteiger charge is 2.51. The van der Waals surface area contributed by atoms with Crippen molar-refractivity contribution in [3.05, 3.63) is 332 Å². The van der Waals surface area contributed by atoms with Gasteiger partial charge >= 0.3 is 0 Å². The summed E-state index contributed by atoms with van der Waals surface area (Å²) in [5, 5.41) is 11.8. The molecule has 0 atom stereocenters. The highest BCUT2D eigenvalue weighted by Crippen LogP contribution is 2.63. The number of ether oxygens (including phenoxy) is 1. The number of fused-ring (bicyclic) bond motifs is 16. The monoisotopic (exact) mass is 1130 g/mol. The van der Waals surface area contributed by atoms with E-state index in [9.17, 15) is 0 Å². The second-order valence-corrected chi connectivity index (χ2v) is 26.7. The van der Waals surface area contributed by atoms with Crippen molar-refractivity contribution in [3.63, 3.8) is 0 Å². The second-order valence-electron chi connectivity index (χ2n) is 22.9. The fraction of sp³-hybridized carbons (Fsp3) is 0.0125. The Hall–Kier alpha value is -11.3. The maximum atomic E-state index is 7.21. The Morgan fingerprint density at radius 1 is 0.287 bits per heavy atom. The number of benzene rings is 13. The minimum Gasteiger partial charge on any atom is -0.456 e. The van der Waals surface area contributed by atoms with Crippen molar-refractivity contribution in [3.8, 4) is 57.0 Å². The Morgan fingerprint density at radius 3 is 1.24 bits per heavy atom. The standard InChI is InChI=1S/C80H51N5OSi/c1-3-24-53(25-4-1)87(54-26-5-2-6-27-54,55-48-46-52(47-49-55)56-36-23-40-69-76(56)86-74-45-22-17-39-68(74)80(69)66-37-15-9-29-58(66)59-30-10-16-38-67(59)80)75-51-50-65(57-28-7-8-35-64(57)75)77-81-78(84-70-41-18-11-31-60(70)61-32-12-19-42-71(61)84)83-79(82-77)85-72-43-20-13-33-62(72)63-34-14-21-44-73(63)85/h1-51H. The summed E-state index contributed by atoms with van der Waals surface area (Å²) in [6, 6.07) is 113. The van der Waals surface area contributed by atoms with E-state index in [1.807, 2.05) is 0 Å². The van der Waals surface area contributed by atoms with Crippen LogP contribution in [-0.2, 0) is 5.41 Å². The van der Waals surface area contributed by atoms with Gasteiger partial charge in [0.2, 0.25) is 11.9 Å². The van der Waals surface area contributed by atoms with Gasteiger partial charge in [-0.2, -0.15) is 15.0 Å². The minimum atomic E-state index is -3.22. The largest absolute Gasteiger partial charge is 0.456 e. The van der Waals surface area contributed by atoms with Gasteiger partial charge in [-0.3, -0.25) is 9.13 Å². The third-order valence-electron chi connectivity index (χ3n) is 18.7. The summed E-state index contributed by atoms with van der Waals surface area (Å²) in [6.07, 6.45) is 0. The molecule has 1 spiro atoms. The molecule has 0 radical (unpaired) electrons. The van der Waals surface area contributed by atoms with E-state index in [1.165, 1.54) is 43.0 Å². The molecule has 13 aromatic carbocycles. The Kier molecular flexibility index (Phi) is 10.8. The molecule has 18 rings (SSSR count). The molecule has 0 unspecified atom stereocenters. The number of hydrogen-bond donors (Lipinski definition) is 0. The summed E-state index contributed by atoms with van der Waals surface area (Å²) in [4.78, 5) is 16.7. The van der Waals surface area contributed by atoms with Crippen LogP contribution < -0.4 is 25.5 Å². The highest BCUT2D eigenvalue weighted by atomic mass is 28.3. The van der Waals surface area contributed by atoms with Crippen molar-refractivity contribution in [2.24, 2.45) is 0 Å². The fourth-order valence-electron chi connectivity index (χ4n) is 15.1. The van der Waals surface area contributed by atoms with Crippen molar-refractivity contribution in [2.75, 3.05) is 0 Å². The molecule has 0 bridgehead atoms. The first-order chi connectivity index (χ1) is 43.2. The average molecular weight is 1130 g/mol. The number of hydrogen-bond acceptors (Lipinski definition) is 4. The zero-order chi connectivity index (χ0) is 57.2. The minimum absolute atomic E-state index is 0.544. The zero-order valence-corrected chi connectivity index (χ0v) is 48.1. The molecule has 1 aliphatic carbocycles. The molecule has 0 saturated carbocycles. The number of rotatable bonds is 8. The lowest BCUT2D eigenvalue weighted by Gasteiger charge is -2.40. The molecule has 1 aliphatic heterocycles. The van der Waals surface area contributed by atoms with Gasteiger partial charge < -0.3 is 4.74 Å². The topological polar surface area (TPSA) is 57.8 Å². The molecular formula is C80H51N5OSi. The van der Waals surface area contributed by atoms with E-state index in [0.29, 0.717) is 17.7 Å². The van der Waals surface area contributed by atoms with Gasteiger partial charge in [0.25, 0.3) is 0 Å². The average Bonchev–Trinajstić information content (AvgIpc) is 1.72. The molecule has 0 amide bonds. The van der Waals surface area contributed by atoms with Gasteiger partial charge in [0, 0.05) is 43.8 Å². The van der Waals surface area contributed by atoms with Crippen LogP contribution in [0, 0.1) is 0 Å². The van der Waals surface area contributed by atoms with Gasteiger partial charge in [-0.15, -0.1) is 0 Å². The van der Waals surface area contributed by atoms with Crippen LogP contribution in [0.3, 0.4) is 0 Å². The summed E-state index contributed by atoms with van der Waals surface area (Å²) in [7, 11) is -3.22. The molecule has 2 aliphatic rings. The van der Waals surface area contributed by atoms with Crippen molar-refractivity contribution in [2.45, 2.75) is 5.41 Å². The van der Waals surface area contributed by atoms with E-state index in [0.717, 1.165) is 93.7 Å². The normalized spacial score (nSPS) is 13.0. The molecule has 0 fully saturated rings. The lowest BCUT2D eigenvalue weighted by molar-refractivity contribution is 0.438. The molecule has 3 aromatic heterocycles. The van der Waals surface area contributed by atoms with Crippen LogP contribution in [0.4, 0.5) is 0 Å². The van der Waals surface area contributed by atoms with Crippen LogP contribution in [0.25, 0.3) is 99.9 Å². The maximum Gasteiger partial charge on any atom is 0.240 e.